The molecule has 0 saturated heterocycles. The van der Waals surface area contributed by atoms with E-state index in [-0.39, 0.29) is 0 Å². The fraction of sp³-hybridized carbons (Fsp3) is 1.00. The van der Waals surface area contributed by atoms with E-state index < -0.39 is 23.3 Å². The summed E-state index contributed by atoms with van der Waals surface area (Å²) in [5, 5.41) is 0. The first-order valence-corrected chi connectivity index (χ1v) is 23.4. The fourth-order valence-corrected chi connectivity index (χ4v) is 24.6. The Morgan fingerprint density at radius 1 is 0.731 bits per heavy atom. The summed E-state index contributed by atoms with van der Waals surface area (Å²) in [6.45, 7) is 19.2. The van der Waals surface area contributed by atoms with Crippen molar-refractivity contribution in [3.8, 4) is 0 Å². The van der Waals surface area contributed by atoms with Crippen LogP contribution in [0.15, 0.2) is 0 Å². The third kappa shape index (κ3) is 4.19. The van der Waals surface area contributed by atoms with Crippen molar-refractivity contribution in [1.82, 2.24) is 0 Å². The molecule has 0 spiro atoms. The third-order valence-electron chi connectivity index (χ3n) is 9.41. The van der Waals surface area contributed by atoms with Crippen LogP contribution in [0.4, 0.5) is 0 Å². The van der Waals surface area contributed by atoms with Crippen LogP contribution in [0.25, 0.3) is 0 Å². The van der Waals surface area contributed by atoms with Crippen molar-refractivity contribution >= 4 is 39.2 Å². The van der Waals surface area contributed by atoms with Crippen LogP contribution in [0.1, 0.15) is 51.4 Å². The smallest absolute Gasteiger partial charge is 0.0448 e. The maximum Gasteiger partial charge on any atom is 0.0448 e. The minimum Gasteiger partial charge on any atom is -0.0888 e. The zero-order valence-electron chi connectivity index (χ0n) is 18.7. The Kier molecular flexibility index (Phi) is 6.51. The Morgan fingerprint density at radius 3 is 2.08 bits per heavy atom. The minimum absolute atomic E-state index is 0.841. The van der Waals surface area contributed by atoms with Gasteiger partial charge in [0.15, 0.2) is 0 Å². The Bertz CT molecular complexity index is 496. The van der Waals surface area contributed by atoms with Gasteiger partial charge in [-0.3, -0.25) is 0 Å². The molecule has 3 saturated carbocycles. The average molecular weight is 474 g/mol. The molecule has 0 aromatic carbocycles. The quantitative estimate of drug-likeness (QED) is 0.278. The van der Waals surface area contributed by atoms with Crippen LogP contribution in [0.2, 0.25) is 63.0 Å². The van der Waals surface area contributed by atoms with Crippen LogP contribution in [-0.4, -0.2) is 28.1 Å². The van der Waals surface area contributed by atoms with Gasteiger partial charge in [0, 0.05) is 28.1 Å². The van der Waals surface area contributed by atoms with E-state index in [0.717, 1.165) is 33.7 Å². The predicted octanol–water partition coefficient (Wildman–Crippen LogP) is 8.33. The van der Waals surface area contributed by atoms with Gasteiger partial charge in [0.05, 0.1) is 0 Å². The molecule has 0 bridgehead atoms. The van der Waals surface area contributed by atoms with Crippen molar-refractivity contribution in [3.63, 3.8) is 0 Å². The van der Waals surface area contributed by atoms with Gasteiger partial charge in [-0.1, -0.05) is 106 Å². The van der Waals surface area contributed by atoms with E-state index in [2.05, 4.69) is 61.8 Å². The summed E-state index contributed by atoms with van der Waals surface area (Å²) in [6, 6.07) is 1.59. The Hall–Kier alpha value is 1.13. The Morgan fingerprint density at radius 2 is 1.42 bits per heavy atom. The molecule has 6 unspecified atom stereocenters. The number of halogens is 1. The molecule has 4 heteroatoms. The van der Waals surface area contributed by atoms with Gasteiger partial charge in [0.25, 0.3) is 0 Å². The summed E-state index contributed by atoms with van der Waals surface area (Å²) >= 11 is 4.07. The molecule has 3 rings (SSSR count). The summed E-state index contributed by atoms with van der Waals surface area (Å²) in [5.74, 6) is 3.19. The highest BCUT2D eigenvalue weighted by atomic mass is 79.9. The van der Waals surface area contributed by atoms with E-state index in [4.69, 9.17) is 0 Å². The zero-order chi connectivity index (χ0) is 19.3. The standard InChI is InChI=1S/C22H45BrSi3/c1-24(2,3)16-17-11-12-18(15-17)25(4,5)26(6,7)22-14-13-19-20(22)9-8-10-21(19)23/h17-22H,8-16H2,1-7H3. The first-order chi connectivity index (χ1) is 11.9. The number of fused-ring (bicyclic) bond motifs is 1. The normalized spacial score (nSPS) is 39.2. The lowest BCUT2D eigenvalue weighted by atomic mass is 9.81. The molecule has 0 radical (unpaired) electrons. The van der Waals surface area contributed by atoms with Crippen molar-refractivity contribution in [1.29, 1.82) is 0 Å². The molecule has 3 aliphatic rings. The molecule has 0 aromatic rings. The summed E-state index contributed by atoms with van der Waals surface area (Å²) in [5.41, 5.74) is 2.29. The first-order valence-electron chi connectivity index (χ1n) is 11.6. The van der Waals surface area contributed by atoms with Crippen molar-refractivity contribution in [2.45, 2.75) is 119 Å². The van der Waals surface area contributed by atoms with Gasteiger partial charge >= 0.3 is 0 Å². The summed E-state index contributed by atoms with van der Waals surface area (Å²) < 4.78 is 0. The zero-order valence-corrected chi connectivity index (χ0v) is 23.3. The highest BCUT2D eigenvalue weighted by Crippen LogP contribution is 2.58. The Balaban J connectivity index is 1.72. The van der Waals surface area contributed by atoms with E-state index in [1.807, 2.05) is 0 Å². The van der Waals surface area contributed by atoms with Gasteiger partial charge in [0.2, 0.25) is 0 Å². The van der Waals surface area contributed by atoms with E-state index in [1.54, 1.807) is 38.1 Å². The Labute approximate surface area is 175 Å². The number of rotatable bonds is 5. The van der Waals surface area contributed by atoms with Crippen LogP contribution < -0.4 is 0 Å². The second kappa shape index (κ2) is 7.75. The lowest BCUT2D eigenvalue weighted by Gasteiger charge is -2.50. The summed E-state index contributed by atoms with van der Waals surface area (Å²) in [4.78, 5) is 0.841. The third-order valence-corrected chi connectivity index (χ3v) is 33.1. The van der Waals surface area contributed by atoms with Gasteiger partial charge in [-0.25, -0.2) is 0 Å². The molecule has 0 N–H and O–H groups in total. The van der Waals surface area contributed by atoms with Crippen LogP contribution in [-0.2, 0) is 0 Å². The number of hydrogen-bond acceptors (Lipinski definition) is 0. The summed E-state index contributed by atoms with van der Waals surface area (Å²) in [6.07, 6.45) is 12.4. The van der Waals surface area contributed by atoms with Gasteiger partial charge in [0.1, 0.15) is 0 Å². The lowest BCUT2D eigenvalue weighted by Crippen LogP contribution is -2.61. The van der Waals surface area contributed by atoms with E-state index in [1.165, 1.54) is 19.3 Å². The van der Waals surface area contributed by atoms with E-state index >= 15 is 0 Å². The lowest BCUT2D eigenvalue weighted by molar-refractivity contribution is 0.288. The minimum atomic E-state index is -1.16. The molecule has 0 amide bonds. The van der Waals surface area contributed by atoms with Crippen LogP contribution in [0, 0.1) is 17.8 Å². The fourth-order valence-electron chi connectivity index (χ4n) is 7.41. The molecule has 0 heterocycles. The molecule has 0 nitrogen and oxygen atoms in total. The van der Waals surface area contributed by atoms with Gasteiger partial charge < -0.3 is 0 Å². The van der Waals surface area contributed by atoms with E-state index in [9.17, 15) is 0 Å². The molecule has 0 aromatic heterocycles. The van der Waals surface area contributed by atoms with Gasteiger partial charge in [-0.05, 0) is 41.7 Å². The predicted molar refractivity (Wildman–Crippen MR) is 131 cm³/mol. The first kappa shape index (κ1) is 21.8. The van der Waals surface area contributed by atoms with Gasteiger partial charge in [-0.15, -0.1) is 0 Å². The van der Waals surface area contributed by atoms with Crippen molar-refractivity contribution in [2.24, 2.45) is 17.8 Å². The molecule has 0 aliphatic heterocycles. The number of hydrogen-bond donors (Lipinski definition) is 0. The SMILES string of the molecule is C[Si](C)(C)CC1CCC([Si](C)(C)[Si](C)(C)C2CCC3C(Br)CCCC32)C1. The molecule has 3 fully saturated rings. The monoisotopic (exact) mass is 472 g/mol. The second-order valence-electron chi connectivity index (χ2n) is 12.5. The maximum absolute atomic E-state index is 4.07. The summed E-state index contributed by atoms with van der Waals surface area (Å²) in [7, 11) is -3.19. The molecule has 152 valence electrons. The van der Waals surface area contributed by atoms with E-state index in [0.29, 0.717) is 0 Å². The second-order valence-corrected chi connectivity index (χ2v) is 35.4. The molecular formula is C22H45BrSi3. The van der Waals surface area contributed by atoms with Crippen molar-refractivity contribution in [3.05, 3.63) is 0 Å². The molecule has 26 heavy (non-hydrogen) atoms. The largest absolute Gasteiger partial charge is 0.0888 e. The van der Waals surface area contributed by atoms with Crippen LogP contribution in [0.5, 0.6) is 0 Å². The number of alkyl halides is 1. The van der Waals surface area contributed by atoms with Gasteiger partial charge in [-0.2, -0.15) is 0 Å². The topological polar surface area (TPSA) is 0 Å². The highest BCUT2D eigenvalue weighted by molar-refractivity contribution is 9.09. The molecular weight excluding hydrogens is 428 g/mol. The molecule has 6 atom stereocenters. The van der Waals surface area contributed by atoms with Crippen LogP contribution in [0.3, 0.4) is 0 Å². The average Bonchev–Trinajstić information content (AvgIpc) is 3.13. The van der Waals surface area contributed by atoms with Crippen LogP contribution >= 0.6 is 15.9 Å². The van der Waals surface area contributed by atoms with Crippen molar-refractivity contribution in [2.75, 3.05) is 0 Å². The molecule has 3 aliphatic carbocycles. The highest BCUT2D eigenvalue weighted by Gasteiger charge is 2.56. The maximum atomic E-state index is 4.07. The van der Waals surface area contributed by atoms with Crippen molar-refractivity contribution < 1.29 is 0 Å².